The molecule has 0 spiro atoms. The number of carbonyl (C=O) groups is 1. The summed E-state index contributed by atoms with van der Waals surface area (Å²) in [6.45, 7) is 3.08. The Morgan fingerprint density at radius 2 is 2.14 bits per heavy atom. The molecule has 1 atom stereocenters. The molecule has 0 fully saturated rings. The monoisotopic (exact) mass is 323 g/mol. The van der Waals surface area contributed by atoms with Gasteiger partial charge in [0, 0.05) is 18.3 Å². The van der Waals surface area contributed by atoms with E-state index < -0.39 is 19.1 Å². The number of ether oxygens (including phenoxy) is 1. The molecular weight excluding hydrogens is 304 g/mol. The highest BCUT2D eigenvalue weighted by molar-refractivity contribution is 5.85. The molecule has 1 aromatic heterocycles. The zero-order chi connectivity index (χ0) is 15.1. The van der Waals surface area contributed by atoms with E-state index in [2.05, 4.69) is 10.3 Å². The van der Waals surface area contributed by atoms with Crippen LogP contribution in [0.5, 0.6) is 5.88 Å². The van der Waals surface area contributed by atoms with Crippen LogP contribution in [0, 0.1) is 5.92 Å². The summed E-state index contributed by atoms with van der Waals surface area (Å²) in [5, 5.41) is 2.64. The van der Waals surface area contributed by atoms with Crippen molar-refractivity contribution in [2.45, 2.75) is 32.9 Å². The summed E-state index contributed by atoms with van der Waals surface area (Å²) in [5.41, 5.74) is 6.23. The van der Waals surface area contributed by atoms with E-state index in [-0.39, 0.29) is 36.7 Å². The third kappa shape index (κ3) is 6.68. The van der Waals surface area contributed by atoms with Crippen LogP contribution < -0.4 is 15.8 Å². The van der Waals surface area contributed by atoms with Crippen molar-refractivity contribution in [1.82, 2.24) is 10.3 Å². The Morgan fingerprint density at radius 1 is 1.48 bits per heavy atom. The smallest absolute Gasteiger partial charge is 0.272 e. The van der Waals surface area contributed by atoms with Gasteiger partial charge in [-0.3, -0.25) is 4.79 Å². The molecule has 0 aromatic carbocycles. The second-order valence-electron chi connectivity index (χ2n) is 4.66. The van der Waals surface area contributed by atoms with E-state index in [0.29, 0.717) is 5.56 Å². The van der Waals surface area contributed by atoms with Crippen molar-refractivity contribution < 1.29 is 18.3 Å². The second-order valence-corrected chi connectivity index (χ2v) is 4.66. The zero-order valence-corrected chi connectivity index (χ0v) is 12.7. The third-order valence-electron chi connectivity index (χ3n) is 2.67. The van der Waals surface area contributed by atoms with Gasteiger partial charge < -0.3 is 15.8 Å². The summed E-state index contributed by atoms with van der Waals surface area (Å²) >= 11 is 0. The van der Waals surface area contributed by atoms with Crippen LogP contribution in [0.2, 0.25) is 0 Å². The lowest BCUT2D eigenvalue weighted by Crippen LogP contribution is -2.43. The number of halogens is 3. The molecule has 1 amide bonds. The Morgan fingerprint density at radius 3 is 2.71 bits per heavy atom. The number of hydrogen-bond donors (Lipinski definition) is 2. The van der Waals surface area contributed by atoms with Crippen molar-refractivity contribution >= 4 is 18.3 Å². The highest BCUT2D eigenvalue weighted by atomic mass is 35.5. The molecule has 0 aliphatic rings. The maximum Gasteiger partial charge on any atom is 0.272 e. The van der Waals surface area contributed by atoms with Crippen molar-refractivity contribution in [2.75, 3.05) is 6.61 Å². The van der Waals surface area contributed by atoms with Crippen LogP contribution in [0.1, 0.15) is 19.4 Å². The highest BCUT2D eigenvalue weighted by Gasteiger charge is 2.17. The molecule has 0 radical (unpaired) electrons. The van der Waals surface area contributed by atoms with Gasteiger partial charge in [0.25, 0.3) is 6.43 Å². The number of nitrogens with one attached hydrogen (secondary N) is 1. The van der Waals surface area contributed by atoms with Crippen molar-refractivity contribution in [3.05, 3.63) is 23.9 Å². The molecule has 1 aromatic rings. The average Bonchev–Trinajstić information content (AvgIpc) is 2.42. The van der Waals surface area contributed by atoms with E-state index in [9.17, 15) is 13.6 Å². The van der Waals surface area contributed by atoms with Crippen LogP contribution in [0.15, 0.2) is 18.3 Å². The molecule has 0 unspecified atom stereocenters. The van der Waals surface area contributed by atoms with Crippen LogP contribution in [0.25, 0.3) is 0 Å². The lowest BCUT2D eigenvalue weighted by molar-refractivity contribution is -0.123. The predicted octanol–water partition coefficient (Wildman–Crippen LogP) is 1.75. The van der Waals surface area contributed by atoms with Gasteiger partial charge in [0.15, 0.2) is 6.61 Å². The SMILES string of the molecule is CC(C)[C@H](N)C(=O)NCc1cccnc1OCC(F)F.Cl. The molecule has 120 valence electrons. The summed E-state index contributed by atoms with van der Waals surface area (Å²) in [6, 6.07) is 2.67. The molecule has 0 bridgehead atoms. The van der Waals surface area contributed by atoms with Gasteiger partial charge in [0.1, 0.15) is 0 Å². The van der Waals surface area contributed by atoms with Gasteiger partial charge in [-0.15, -0.1) is 12.4 Å². The Balaban J connectivity index is 0.00000400. The van der Waals surface area contributed by atoms with Crippen LogP contribution in [0.4, 0.5) is 8.78 Å². The molecule has 0 saturated heterocycles. The molecule has 1 rings (SSSR count). The lowest BCUT2D eigenvalue weighted by atomic mass is 10.1. The Hall–Kier alpha value is -1.47. The first-order valence-corrected chi connectivity index (χ1v) is 6.30. The lowest BCUT2D eigenvalue weighted by Gasteiger charge is -2.16. The molecule has 3 N–H and O–H groups in total. The van der Waals surface area contributed by atoms with Gasteiger partial charge in [0.2, 0.25) is 11.8 Å². The van der Waals surface area contributed by atoms with E-state index in [4.69, 9.17) is 10.5 Å². The van der Waals surface area contributed by atoms with Gasteiger partial charge in [0.05, 0.1) is 6.04 Å². The second kappa shape index (κ2) is 9.46. The molecule has 0 aliphatic carbocycles. The van der Waals surface area contributed by atoms with Crippen molar-refractivity contribution in [1.29, 1.82) is 0 Å². The van der Waals surface area contributed by atoms with Crippen LogP contribution in [-0.2, 0) is 11.3 Å². The summed E-state index contributed by atoms with van der Waals surface area (Å²) in [4.78, 5) is 15.6. The van der Waals surface area contributed by atoms with Gasteiger partial charge in [-0.2, -0.15) is 0 Å². The first kappa shape index (κ1) is 19.5. The number of hydrogen-bond acceptors (Lipinski definition) is 4. The molecule has 21 heavy (non-hydrogen) atoms. The van der Waals surface area contributed by atoms with E-state index in [1.165, 1.54) is 6.20 Å². The Kier molecular flexibility index (Phi) is 8.80. The number of nitrogens with two attached hydrogens (primary N) is 1. The Labute approximate surface area is 128 Å². The largest absolute Gasteiger partial charge is 0.471 e. The van der Waals surface area contributed by atoms with Gasteiger partial charge in [-0.1, -0.05) is 19.9 Å². The average molecular weight is 324 g/mol. The number of aromatic nitrogens is 1. The van der Waals surface area contributed by atoms with Crippen molar-refractivity contribution in [2.24, 2.45) is 11.7 Å². The Bertz CT molecular complexity index is 447. The van der Waals surface area contributed by atoms with E-state index in [1.54, 1.807) is 12.1 Å². The summed E-state index contributed by atoms with van der Waals surface area (Å²) in [7, 11) is 0. The van der Waals surface area contributed by atoms with Crippen LogP contribution >= 0.6 is 12.4 Å². The molecular formula is C13H20ClF2N3O2. The van der Waals surface area contributed by atoms with Crippen LogP contribution in [-0.4, -0.2) is 30.0 Å². The minimum absolute atomic E-state index is 0. The van der Waals surface area contributed by atoms with E-state index >= 15 is 0 Å². The third-order valence-corrected chi connectivity index (χ3v) is 2.67. The van der Waals surface area contributed by atoms with Crippen LogP contribution in [0.3, 0.4) is 0 Å². The summed E-state index contributed by atoms with van der Waals surface area (Å²) in [5.74, 6) is -0.201. The van der Waals surface area contributed by atoms with E-state index in [1.807, 2.05) is 13.8 Å². The maximum atomic E-state index is 12.1. The summed E-state index contributed by atoms with van der Waals surface area (Å²) in [6.07, 6.45) is -1.14. The quantitative estimate of drug-likeness (QED) is 0.801. The molecule has 0 aliphatic heterocycles. The zero-order valence-electron chi connectivity index (χ0n) is 11.9. The molecule has 0 saturated carbocycles. The maximum absolute atomic E-state index is 12.1. The molecule has 1 heterocycles. The number of carbonyl (C=O) groups excluding carboxylic acids is 1. The van der Waals surface area contributed by atoms with Crippen molar-refractivity contribution in [3.8, 4) is 5.88 Å². The minimum atomic E-state index is -2.58. The molecule has 5 nitrogen and oxygen atoms in total. The van der Waals surface area contributed by atoms with Gasteiger partial charge in [-0.05, 0) is 12.0 Å². The standard InChI is InChI=1S/C13H19F2N3O2.ClH/c1-8(2)11(16)12(19)18-6-9-4-3-5-17-13(9)20-7-10(14)15;/h3-5,8,10-11H,6-7,16H2,1-2H3,(H,18,19);1H/t11-;/m0./s1. The normalized spacial score (nSPS) is 12.0. The van der Waals surface area contributed by atoms with E-state index in [0.717, 1.165) is 0 Å². The number of alkyl halides is 2. The molecule has 8 heteroatoms. The number of nitrogens with zero attached hydrogens (tertiary/aromatic N) is 1. The number of amides is 1. The highest BCUT2D eigenvalue weighted by Crippen LogP contribution is 2.15. The fourth-order valence-electron chi connectivity index (χ4n) is 1.43. The topological polar surface area (TPSA) is 77.2 Å². The minimum Gasteiger partial charge on any atom is -0.471 e. The predicted molar refractivity (Wildman–Crippen MR) is 77.6 cm³/mol. The van der Waals surface area contributed by atoms with Gasteiger partial charge >= 0.3 is 0 Å². The fraction of sp³-hybridized carbons (Fsp3) is 0.538. The van der Waals surface area contributed by atoms with Gasteiger partial charge in [-0.25, -0.2) is 13.8 Å². The fourth-order valence-corrected chi connectivity index (χ4v) is 1.43. The number of pyridine rings is 1. The first-order valence-electron chi connectivity index (χ1n) is 6.30. The number of rotatable bonds is 7. The first-order chi connectivity index (χ1) is 9.41. The van der Waals surface area contributed by atoms with Crippen molar-refractivity contribution in [3.63, 3.8) is 0 Å². The summed E-state index contributed by atoms with van der Waals surface area (Å²) < 4.78 is 29.1.